The summed E-state index contributed by atoms with van der Waals surface area (Å²) in [6.45, 7) is -0.488. The molecule has 0 radical (unpaired) electrons. The molecule has 0 fully saturated rings. The topological polar surface area (TPSA) is 35.3 Å². The van der Waals surface area contributed by atoms with Crippen molar-refractivity contribution in [2.45, 2.75) is 0 Å². The van der Waals surface area contributed by atoms with Gasteiger partial charge in [0, 0.05) is 90.2 Å². The van der Waals surface area contributed by atoms with Crippen LogP contribution in [0.4, 0.5) is 85.3 Å². The fraction of sp³-hybridized carbons (Fsp3) is 0. The van der Waals surface area contributed by atoms with Gasteiger partial charge in [-0.3, -0.25) is 0 Å². The van der Waals surface area contributed by atoms with Crippen LogP contribution in [0.5, 0.6) is 11.5 Å². The first-order valence-corrected chi connectivity index (χ1v) is 36.5. The Bertz CT molecular complexity index is 6420. The number of anilines is 15. The lowest BCUT2D eigenvalue weighted by Crippen LogP contribution is -2.64. The van der Waals surface area contributed by atoms with Crippen LogP contribution in [0.25, 0.3) is 55.0 Å². The van der Waals surface area contributed by atoms with Crippen LogP contribution >= 0.6 is 0 Å². The lowest BCUT2D eigenvalue weighted by Gasteiger charge is -2.47. The molecule has 0 aliphatic carbocycles. The number of hydrogen-bond donors (Lipinski definition) is 0. The Morgan fingerprint density at radius 1 is 0.217 bits per heavy atom. The van der Waals surface area contributed by atoms with Crippen LogP contribution in [-0.2, 0) is 0 Å². The quantitative estimate of drug-likeness (QED) is 0.120. The van der Waals surface area contributed by atoms with Crippen molar-refractivity contribution >= 4 is 175 Å². The molecule has 16 aromatic carbocycles. The summed E-state index contributed by atoms with van der Waals surface area (Å²) in [5.41, 5.74) is 29.5. The third-order valence-corrected chi connectivity index (χ3v) is 22.2. The van der Waals surface area contributed by atoms with E-state index in [1.165, 1.54) is 43.4 Å². The average molecular weight is 1350 g/mol. The Morgan fingerprint density at radius 2 is 0.594 bits per heavy atom. The molecule has 4 aliphatic heterocycles. The second kappa shape index (κ2) is 23.8. The van der Waals surface area contributed by atoms with Gasteiger partial charge < -0.3 is 38.4 Å². The van der Waals surface area contributed by atoms with Crippen LogP contribution in [0.15, 0.2) is 382 Å². The Labute approximate surface area is 614 Å². The zero-order valence-electron chi connectivity index (χ0n) is 57.6. The van der Waals surface area contributed by atoms with E-state index in [1.807, 2.05) is 0 Å². The molecule has 10 heteroatoms. The van der Waals surface area contributed by atoms with Crippen molar-refractivity contribution in [3.05, 3.63) is 382 Å². The molecule has 0 spiro atoms. The molecule has 22 rings (SSSR count). The number of fused-ring (bicyclic) bond motifs is 14. The molecule has 18 aromatic rings. The van der Waals surface area contributed by atoms with Gasteiger partial charge in [0.25, 0.3) is 13.4 Å². The summed E-state index contributed by atoms with van der Waals surface area (Å²) in [6, 6.07) is 141. The Hall–Kier alpha value is -14.0. The van der Waals surface area contributed by atoms with Crippen molar-refractivity contribution in [2.24, 2.45) is 0 Å². The number of ether oxygens (including phenoxy) is 1. The summed E-state index contributed by atoms with van der Waals surface area (Å²) >= 11 is 0. The van der Waals surface area contributed by atoms with Crippen LogP contribution in [0.2, 0.25) is 0 Å². The minimum absolute atomic E-state index is 0.220. The molecule has 0 bridgehead atoms. The van der Waals surface area contributed by atoms with Gasteiger partial charge in [-0.25, -0.2) is 0 Å². The highest BCUT2D eigenvalue weighted by Gasteiger charge is 2.49. The number of rotatable bonds is 11. The maximum absolute atomic E-state index is 7.36. The van der Waals surface area contributed by atoms with Gasteiger partial charge in [-0.2, -0.15) is 0 Å². The van der Waals surface area contributed by atoms with Gasteiger partial charge in [0.2, 0.25) is 0 Å². The molecular weight excluding hydrogens is 1290 g/mol. The van der Waals surface area contributed by atoms with E-state index >= 15 is 0 Å². The number of aromatic nitrogens is 2. The van der Waals surface area contributed by atoms with E-state index in [0.717, 1.165) is 141 Å². The summed E-state index contributed by atoms with van der Waals surface area (Å²) in [5.74, 6) is 1.67. The van der Waals surface area contributed by atoms with E-state index in [9.17, 15) is 0 Å². The van der Waals surface area contributed by atoms with Crippen molar-refractivity contribution < 1.29 is 4.74 Å². The van der Waals surface area contributed by atoms with Gasteiger partial charge >= 0.3 is 0 Å². The maximum Gasteiger partial charge on any atom is 0.256 e. The van der Waals surface area contributed by atoms with Gasteiger partial charge in [0.1, 0.15) is 11.5 Å². The first-order chi connectivity index (χ1) is 52.7. The lowest BCUT2D eigenvalue weighted by molar-refractivity contribution is 0.487. The Morgan fingerprint density at radius 3 is 1.13 bits per heavy atom. The molecule has 8 nitrogen and oxygen atoms in total. The van der Waals surface area contributed by atoms with E-state index < -0.39 is 0 Å². The SMILES string of the molecule is c1ccc(N(c2ccccc2)c2cc3c4c(c2)N(c2ccccc2)c2cc5c(cc2B4c2ccccc2O3)B2c3ccccc3N(c3ccccc3-n3c4ccccc4c4ccccc43)c3cc(N(c4ccccc4)c4ccccc4-n4c6ccccc6c6ccccc64)cc(c32)N5c2ccccc2)cc1. The summed E-state index contributed by atoms with van der Waals surface area (Å²) in [6.07, 6.45) is 0. The molecule has 2 aromatic heterocycles. The highest BCUT2D eigenvalue weighted by molar-refractivity contribution is 7.02. The largest absolute Gasteiger partial charge is 0.458 e. The predicted molar refractivity (Wildman–Crippen MR) is 444 cm³/mol. The van der Waals surface area contributed by atoms with Gasteiger partial charge in [-0.1, -0.05) is 231 Å². The molecule has 0 N–H and O–H groups in total. The second-order valence-corrected chi connectivity index (χ2v) is 27.9. The summed E-state index contributed by atoms with van der Waals surface area (Å²) in [5, 5.41) is 4.83. The van der Waals surface area contributed by atoms with Crippen LogP contribution in [-0.4, -0.2) is 22.6 Å². The number of benzene rings is 16. The zero-order chi connectivity index (χ0) is 69.5. The van der Waals surface area contributed by atoms with Crippen LogP contribution < -0.4 is 62.0 Å². The zero-order valence-corrected chi connectivity index (χ0v) is 57.6. The van der Waals surface area contributed by atoms with Crippen LogP contribution in [0, 0.1) is 0 Å². The Balaban J connectivity index is 0.855. The van der Waals surface area contributed by atoms with Gasteiger partial charge in [0.05, 0.1) is 56.2 Å². The molecule has 494 valence electrons. The summed E-state index contributed by atoms with van der Waals surface area (Å²) < 4.78 is 12.3. The van der Waals surface area contributed by atoms with E-state index in [4.69, 9.17) is 4.74 Å². The van der Waals surface area contributed by atoms with E-state index in [1.54, 1.807) is 0 Å². The third kappa shape index (κ3) is 8.98. The number of para-hydroxylation sites is 15. The number of hydrogen-bond acceptors (Lipinski definition) is 6. The van der Waals surface area contributed by atoms with Crippen LogP contribution in [0.3, 0.4) is 0 Å². The smallest absolute Gasteiger partial charge is 0.256 e. The second-order valence-electron chi connectivity index (χ2n) is 27.9. The fourth-order valence-electron chi connectivity index (χ4n) is 18.0. The molecule has 0 unspecified atom stereocenters. The average Bonchev–Trinajstić information content (AvgIpc) is 0.839. The Kier molecular flexibility index (Phi) is 13.4. The summed E-state index contributed by atoms with van der Waals surface area (Å²) in [7, 11) is 0. The molecule has 0 saturated carbocycles. The first kappa shape index (κ1) is 59.7. The van der Waals surface area contributed by atoms with Crippen molar-refractivity contribution in [1.82, 2.24) is 9.13 Å². The molecule has 0 saturated heterocycles. The van der Waals surface area contributed by atoms with Gasteiger partial charge in [0.15, 0.2) is 0 Å². The molecule has 4 aliphatic rings. The van der Waals surface area contributed by atoms with E-state index in [2.05, 4.69) is 416 Å². The molecular formula is C96H63B2N7O. The minimum Gasteiger partial charge on any atom is -0.458 e. The van der Waals surface area contributed by atoms with Crippen molar-refractivity contribution in [3.8, 4) is 22.9 Å². The summed E-state index contributed by atoms with van der Waals surface area (Å²) in [4.78, 5) is 12.6. The fourth-order valence-corrected chi connectivity index (χ4v) is 18.0. The maximum atomic E-state index is 7.36. The third-order valence-electron chi connectivity index (χ3n) is 22.2. The standard InChI is InChI=1S/C96H63B2N7O/c1-6-32-64(33-7-1)99(65-34-8-2-9-35-65)70-60-92-96-94(61-70)106-93-57-31-21-47-76(93)98(96)78-62-77-88(63-89(78)102(92)68-40-14-5-15-41-68)101(67-38-12-4-13-39-67)90-58-69(100(66-36-10-3-11-37-66)84-53-27-28-54-85(84)103-79-48-22-16-42-71(79)72-43-17-23-49-80(72)103)59-91-95(90)97(77)75-46-20-26-52-83(75)105(91)87-56-30-29-55-86(87)104-81-50-24-18-44-73(81)74-45-19-25-51-82(74)104/h1-63H. The molecule has 106 heavy (non-hydrogen) atoms. The highest BCUT2D eigenvalue weighted by Crippen LogP contribution is 2.53. The van der Waals surface area contributed by atoms with Gasteiger partial charge in [-0.05, 0) is 178 Å². The van der Waals surface area contributed by atoms with Crippen molar-refractivity contribution in [2.75, 3.05) is 24.5 Å². The predicted octanol–water partition coefficient (Wildman–Crippen LogP) is 21.3. The molecule has 0 amide bonds. The number of nitrogens with zero attached hydrogens (tertiary/aromatic N) is 7. The van der Waals surface area contributed by atoms with Crippen molar-refractivity contribution in [1.29, 1.82) is 0 Å². The van der Waals surface area contributed by atoms with Gasteiger partial charge in [-0.15, -0.1) is 0 Å². The van der Waals surface area contributed by atoms with Crippen LogP contribution in [0.1, 0.15) is 0 Å². The van der Waals surface area contributed by atoms with E-state index in [0.29, 0.717) is 0 Å². The first-order valence-electron chi connectivity index (χ1n) is 36.5. The molecule has 0 atom stereocenters. The normalized spacial score (nSPS) is 12.9. The van der Waals surface area contributed by atoms with E-state index in [-0.39, 0.29) is 13.4 Å². The van der Waals surface area contributed by atoms with Crippen molar-refractivity contribution in [3.63, 3.8) is 0 Å². The lowest BCUT2D eigenvalue weighted by atomic mass is 9.30. The molecule has 6 heterocycles. The monoisotopic (exact) mass is 1350 g/mol. The highest BCUT2D eigenvalue weighted by atomic mass is 16.5. The minimum atomic E-state index is -0.268.